The fourth-order valence-corrected chi connectivity index (χ4v) is 2.56. The van der Waals surface area contributed by atoms with E-state index in [0.29, 0.717) is 6.42 Å². The predicted octanol–water partition coefficient (Wildman–Crippen LogP) is 3.55. The molecule has 2 heterocycles. The van der Waals surface area contributed by atoms with Crippen molar-refractivity contribution in [1.29, 1.82) is 0 Å². The summed E-state index contributed by atoms with van der Waals surface area (Å²) in [7, 11) is 0. The topological polar surface area (TPSA) is 29.0 Å². The summed E-state index contributed by atoms with van der Waals surface area (Å²) in [6.07, 6.45) is 2.03. The van der Waals surface area contributed by atoms with Crippen LogP contribution < -0.4 is 4.90 Å². The van der Waals surface area contributed by atoms with Crippen LogP contribution in [0.5, 0.6) is 0 Å². The molecule has 0 aliphatic rings. The molecule has 0 atom stereocenters. The average Bonchev–Trinajstić information content (AvgIpc) is 2.93. The van der Waals surface area contributed by atoms with Gasteiger partial charge in [0.1, 0.15) is 5.69 Å². The first-order valence-electron chi connectivity index (χ1n) is 6.26. The molecular formula is C13H13F4N3S. The van der Waals surface area contributed by atoms with Gasteiger partial charge >= 0.3 is 0 Å². The molecule has 0 aromatic carbocycles. The highest BCUT2D eigenvalue weighted by Gasteiger charge is 2.26. The van der Waals surface area contributed by atoms with Gasteiger partial charge < -0.3 is 4.90 Å². The number of hydrogen-bond acceptors (Lipinski definition) is 4. The van der Waals surface area contributed by atoms with E-state index in [0.717, 1.165) is 5.01 Å². The van der Waals surface area contributed by atoms with Crippen LogP contribution in [0.2, 0.25) is 0 Å². The van der Waals surface area contributed by atoms with E-state index in [9.17, 15) is 17.6 Å². The molecule has 0 fully saturated rings. The lowest BCUT2D eigenvalue weighted by molar-refractivity contribution is 0.403. The van der Waals surface area contributed by atoms with Gasteiger partial charge in [-0.15, -0.1) is 11.3 Å². The minimum Gasteiger partial charge on any atom is -0.364 e. The van der Waals surface area contributed by atoms with Crippen molar-refractivity contribution in [3.05, 3.63) is 40.1 Å². The van der Waals surface area contributed by atoms with Crippen LogP contribution in [0.15, 0.2) is 11.6 Å². The first-order chi connectivity index (χ1) is 9.91. The molecule has 0 aliphatic carbocycles. The van der Waals surface area contributed by atoms with Gasteiger partial charge in [0, 0.05) is 30.6 Å². The van der Waals surface area contributed by atoms with Crippen LogP contribution in [-0.2, 0) is 6.42 Å². The Hall–Kier alpha value is -1.70. The predicted molar refractivity (Wildman–Crippen MR) is 72.4 cm³/mol. The van der Waals surface area contributed by atoms with Gasteiger partial charge in [-0.25, -0.2) is 4.98 Å². The van der Waals surface area contributed by atoms with Gasteiger partial charge in [0.15, 0.2) is 0 Å². The van der Waals surface area contributed by atoms with Crippen molar-refractivity contribution in [3.8, 4) is 0 Å². The molecule has 21 heavy (non-hydrogen) atoms. The molecule has 3 nitrogen and oxygen atoms in total. The Balaban J connectivity index is 2.34. The van der Waals surface area contributed by atoms with Crippen molar-refractivity contribution in [2.45, 2.75) is 26.3 Å². The van der Waals surface area contributed by atoms with Gasteiger partial charge in [0.05, 0.1) is 5.01 Å². The van der Waals surface area contributed by atoms with E-state index in [4.69, 9.17) is 0 Å². The highest BCUT2D eigenvalue weighted by atomic mass is 32.1. The van der Waals surface area contributed by atoms with Crippen molar-refractivity contribution < 1.29 is 17.6 Å². The fraction of sp³-hybridized carbons (Fsp3) is 0.385. The first-order valence-corrected chi connectivity index (χ1v) is 7.14. The highest BCUT2D eigenvalue weighted by Crippen LogP contribution is 2.28. The zero-order valence-corrected chi connectivity index (χ0v) is 12.2. The van der Waals surface area contributed by atoms with Gasteiger partial charge in [-0.2, -0.15) is 22.5 Å². The summed E-state index contributed by atoms with van der Waals surface area (Å²) in [6.45, 7) is 3.54. The van der Waals surface area contributed by atoms with E-state index in [-0.39, 0.29) is 12.6 Å². The van der Waals surface area contributed by atoms with E-state index in [2.05, 4.69) is 9.97 Å². The van der Waals surface area contributed by atoms with Crippen LogP contribution in [0, 0.1) is 23.5 Å². The quantitative estimate of drug-likeness (QED) is 0.623. The lowest BCUT2D eigenvalue weighted by Gasteiger charge is -2.29. The van der Waals surface area contributed by atoms with Crippen LogP contribution in [0.1, 0.15) is 18.9 Å². The van der Waals surface area contributed by atoms with Crippen LogP contribution in [0.25, 0.3) is 0 Å². The smallest absolute Gasteiger partial charge is 0.253 e. The second kappa shape index (κ2) is 6.38. The van der Waals surface area contributed by atoms with Crippen LogP contribution in [0.4, 0.5) is 23.2 Å². The summed E-state index contributed by atoms with van der Waals surface area (Å²) in [4.78, 5) is 7.89. The number of aromatic nitrogens is 2. The Bertz CT molecular complexity index is 590. The highest BCUT2D eigenvalue weighted by molar-refractivity contribution is 7.09. The minimum atomic E-state index is -1.65. The number of rotatable bonds is 5. The second-order valence-electron chi connectivity index (χ2n) is 4.63. The fourth-order valence-electron chi connectivity index (χ4n) is 1.95. The molecule has 0 saturated carbocycles. The largest absolute Gasteiger partial charge is 0.364 e. The van der Waals surface area contributed by atoms with Crippen LogP contribution in [0.3, 0.4) is 0 Å². The summed E-state index contributed by atoms with van der Waals surface area (Å²) < 4.78 is 54.1. The van der Waals surface area contributed by atoms with Crippen molar-refractivity contribution in [2.75, 3.05) is 11.4 Å². The molecule has 2 aromatic rings. The lowest BCUT2D eigenvalue weighted by atomic mass is 10.2. The molecule has 0 N–H and O–H groups in total. The zero-order valence-electron chi connectivity index (χ0n) is 11.4. The Morgan fingerprint density at radius 1 is 1.14 bits per heavy atom. The average molecular weight is 319 g/mol. The number of pyridine rings is 1. The van der Waals surface area contributed by atoms with Gasteiger partial charge in [-0.1, -0.05) is 0 Å². The van der Waals surface area contributed by atoms with Crippen molar-refractivity contribution >= 4 is 17.0 Å². The van der Waals surface area contributed by atoms with E-state index in [1.54, 1.807) is 25.4 Å². The molecule has 0 radical (unpaired) electrons. The number of thiazole rings is 1. The maximum absolute atomic E-state index is 13.8. The van der Waals surface area contributed by atoms with E-state index in [1.807, 2.05) is 0 Å². The molecular weight excluding hydrogens is 306 g/mol. The standard InChI is InChI=1S/C13H13F4N3S/c1-7(2)20(5-3-8-18-4-6-21-8)11-9(14)12(16)19-13(17)10(11)15/h4,6-7H,3,5H2,1-2H3. The second-order valence-corrected chi connectivity index (χ2v) is 5.61. The Kier molecular flexibility index (Phi) is 4.76. The first kappa shape index (κ1) is 15.7. The third kappa shape index (κ3) is 3.31. The van der Waals surface area contributed by atoms with Crippen molar-refractivity contribution in [3.63, 3.8) is 0 Å². The SMILES string of the molecule is CC(C)N(CCc1nccs1)c1c(F)c(F)nc(F)c1F. The minimum absolute atomic E-state index is 0.182. The van der Waals surface area contributed by atoms with Crippen LogP contribution in [-0.4, -0.2) is 22.6 Å². The molecule has 8 heteroatoms. The molecule has 0 saturated heterocycles. The number of halogens is 4. The van der Waals surface area contributed by atoms with Gasteiger partial charge in [-0.05, 0) is 13.8 Å². The molecule has 0 amide bonds. The monoisotopic (exact) mass is 319 g/mol. The third-order valence-electron chi connectivity index (χ3n) is 2.93. The molecule has 0 aliphatic heterocycles. The molecule has 0 spiro atoms. The molecule has 2 rings (SSSR count). The molecule has 114 valence electrons. The molecule has 0 unspecified atom stereocenters. The van der Waals surface area contributed by atoms with E-state index < -0.39 is 29.2 Å². The molecule has 0 bridgehead atoms. The Morgan fingerprint density at radius 2 is 1.76 bits per heavy atom. The van der Waals surface area contributed by atoms with Gasteiger partial charge in [-0.3, -0.25) is 0 Å². The third-order valence-corrected chi connectivity index (χ3v) is 3.77. The van der Waals surface area contributed by atoms with E-state index in [1.165, 1.54) is 16.2 Å². The summed E-state index contributed by atoms with van der Waals surface area (Å²) in [6, 6.07) is -0.352. The normalized spacial score (nSPS) is 11.2. The van der Waals surface area contributed by atoms with Crippen molar-refractivity contribution in [2.24, 2.45) is 0 Å². The maximum atomic E-state index is 13.8. The summed E-state index contributed by atoms with van der Waals surface area (Å²) >= 11 is 1.40. The number of nitrogens with zero attached hydrogens (tertiary/aromatic N) is 3. The van der Waals surface area contributed by atoms with Crippen LogP contribution >= 0.6 is 11.3 Å². The van der Waals surface area contributed by atoms with Gasteiger partial charge in [0.25, 0.3) is 11.9 Å². The number of anilines is 1. The zero-order chi connectivity index (χ0) is 15.6. The Labute approximate surface area is 123 Å². The summed E-state index contributed by atoms with van der Waals surface area (Å²) in [5, 5.41) is 2.55. The van der Waals surface area contributed by atoms with E-state index >= 15 is 0 Å². The number of hydrogen-bond donors (Lipinski definition) is 0. The molecule has 2 aromatic heterocycles. The summed E-state index contributed by atoms with van der Waals surface area (Å²) in [5.74, 6) is -6.27. The lowest BCUT2D eigenvalue weighted by Crippen LogP contribution is -2.35. The maximum Gasteiger partial charge on any atom is 0.253 e. The van der Waals surface area contributed by atoms with Gasteiger partial charge in [0.2, 0.25) is 11.6 Å². The summed E-state index contributed by atoms with van der Waals surface area (Å²) in [5.41, 5.74) is -0.730. The van der Waals surface area contributed by atoms with Crippen molar-refractivity contribution in [1.82, 2.24) is 9.97 Å². The Morgan fingerprint density at radius 3 is 2.24 bits per heavy atom.